The number of aromatic hydroxyl groups is 1. The van der Waals surface area contributed by atoms with Gasteiger partial charge < -0.3 is 10.0 Å². The third-order valence-corrected chi connectivity index (χ3v) is 5.24. The number of piperazine rings is 1. The highest BCUT2D eigenvalue weighted by atomic mass is 19.4. The summed E-state index contributed by atoms with van der Waals surface area (Å²) >= 11 is 0. The maximum Gasteiger partial charge on any atom is 0.416 e. The van der Waals surface area contributed by atoms with E-state index in [1.807, 2.05) is 11.0 Å². The maximum absolute atomic E-state index is 13.0. The first-order valence-corrected chi connectivity index (χ1v) is 9.63. The second-order valence-electron chi connectivity index (χ2n) is 7.25. The van der Waals surface area contributed by atoms with E-state index in [0.29, 0.717) is 38.4 Å². The first-order valence-electron chi connectivity index (χ1n) is 9.63. The zero-order valence-corrected chi connectivity index (χ0v) is 16.2. The number of phenols is 1. The van der Waals surface area contributed by atoms with E-state index in [4.69, 9.17) is 0 Å². The summed E-state index contributed by atoms with van der Waals surface area (Å²) in [5.74, 6) is 0.211. The molecule has 0 atom stereocenters. The van der Waals surface area contributed by atoms with Crippen molar-refractivity contribution in [3.63, 3.8) is 0 Å². The molecular formula is C22H21F3N4O. The number of rotatable bonds is 4. The fourth-order valence-corrected chi connectivity index (χ4v) is 3.60. The third-order valence-electron chi connectivity index (χ3n) is 5.24. The average Bonchev–Trinajstić information content (AvgIpc) is 2.76. The van der Waals surface area contributed by atoms with Crippen LogP contribution in [0.4, 0.5) is 18.9 Å². The van der Waals surface area contributed by atoms with Crippen LogP contribution in [0.5, 0.6) is 5.75 Å². The molecule has 1 aliphatic heterocycles. The Balaban J connectivity index is 1.42. The Morgan fingerprint density at radius 3 is 2.47 bits per heavy atom. The van der Waals surface area contributed by atoms with Gasteiger partial charge >= 0.3 is 6.18 Å². The number of hydrogen-bond donors (Lipinski definition) is 1. The van der Waals surface area contributed by atoms with Gasteiger partial charge in [-0.2, -0.15) is 13.2 Å². The van der Waals surface area contributed by atoms with Crippen molar-refractivity contribution in [3.05, 3.63) is 72.2 Å². The first kappa shape index (κ1) is 20.2. The zero-order valence-electron chi connectivity index (χ0n) is 16.2. The Labute approximate surface area is 172 Å². The second-order valence-corrected chi connectivity index (χ2v) is 7.25. The van der Waals surface area contributed by atoms with Gasteiger partial charge in [0.1, 0.15) is 5.75 Å². The molecule has 0 spiro atoms. The van der Waals surface area contributed by atoms with Crippen molar-refractivity contribution < 1.29 is 18.3 Å². The van der Waals surface area contributed by atoms with Crippen molar-refractivity contribution in [2.24, 2.45) is 0 Å². The highest BCUT2D eigenvalue weighted by Gasteiger charge is 2.31. The van der Waals surface area contributed by atoms with E-state index in [-0.39, 0.29) is 5.75 Å². The molecule has 156 valence electrons. The molecule has 1 N–H and O–H groups in total. The largest absolute Gasteiger partial charge is 0.508 e. The highest BCUT2D eigenvalue weighted by Crippen LogP contribution is 2.32. The van der Waals surface area contributed by atoms with Gasteiger partial charge in [-0.1, -0.05) is 6.07 Å². The first-order chi connectivity index (χ1) is 14.4. The molecule has 0 amide bonds. The number of nitrogens with zero attached hydrogens (tertiary/aromatic N) is 4. The zero-order chi connectivity index (χ0) is 21.1. The van der Waals surface area contributed by atoms with Crippen molar-refractivity contribution in [1.29, 1.82) is 0 Å². The van der Waals surface area contributed by atoms with E-state index < -0.39 is 11.7 Å². The minimum absolute atomic E-state index is 0.211. The van der Waals surface area contributed by atoms with Gasteiger partial charge in [-0.3, -0.25) is 14.9 Å². The van der Waals surface area contributed by atoms with Crippen LogP contribution < -0.4 is 4.90 Å². The third kappa shape index (κ3) is 4.54. The molecule has 2 heterocycles. The fourth-order valence-electron chi connectivity index (χ4n) is 3.60. The normalized spacial score (nSPS) is 15.4. The van der Waals surface area contributed by atoms with Crippen molar-refractivity contribution in [2.75, 3.05) is 31.1 Å². The van der Waals surface area contributed by atoms with Gasteiger partial charge in [-0.15, -0.1) is 0 Å². The molecule has 3 aromatic rings. The van der Waals surface area contributed by atoms with Crippen LogP contribution in [0.3, 0.4) is 0 Å². The standard InChI is InChI=1S/C22H21F3N4O/c23-22(24,25)18-2-1-3-19(13-18)29-10-8-28(9-11-29)15-17-12-16(4-5-21(17)30)20-14-26-6-7-27-20/h1-7,12-14,30H,8-11,15H2. The van der Waals surface area contributed by atoms with Crippen LogP contribution in [-0.4, -0.2) is 46.2 Å². The molecular weight excluding hydrogens is 393 g/mol. The Morgan fingerprint density at radius 1 is 0.967 bits per heavy atom. The molecule has 0 unspecified atom stereocenters. The summed E-state index contributed by atoms with van der Waals surface area (Å²) in [6, 6.07) is 10.8. The molecule has 1 fully saturated rings. The van der Waals surface area contributed by atoms with Gasteiger partial charge in [-0.05, 0) is 36.4 Å². The number of alkyl halides is 3. The van der Waals surface area contributed by atoms with E-state index in [1.165, 1.54) is 12.1 Å². The topological polar surface area (TPSA) is 52.5 Å². The molecule has 0 radical (unpaired) electrons. The van der Waals surface area contributed by atoms with Crippen LogP contribution >= 0.6 is 0 Å². The summed E-state index contributed by atoms with van der Waals surface area (Å²) in [5, 5.41) is 10.3. The Hall–Kier alpha value is -3.13. The molecule has 4 rings (SSSR count). The highest BCUT2D eigenvalue weighted by molar-refractivity contribution is 5.61. The summed E-state index contributed by atoms with van der Waals surface area (Å²) in [6.07, 6.45) is 0.553. The quantitative estimate of drug-likeness (QED) is 0.694. The lowest BCUT2D eigenvalue weighted by Crippen LogP contribution is -2.46. The van der Waals surface area contributed by atoms with E-state index in [9.17, 15) is 18.3 Å². The van der Waals surface area contributed by atoms with Crippen LogP contribution in [0.25, 0.3) is 11.3 Å². The maximum atomic E-state index is 13.0. The number of hydrogen-bond acceptors (Lipinski definition) is 5. The van der Waals surface area contributed by atoms with Crippen LogP contribution in [-0.2, 0) is 12.7 Å². The summed E-state index contributed by atoms with van der Waals surface area (Å²) in [6.45, 7) is 3.16. The molecule has 0 aliphatic carbocycles. The number of phenolic OH excluding ortho intramolecular Hbond substituents is 1. The number of halogens is 3. The lowest BCUT2D eigenvalue weighted by atomic mass is 10.1. The lowest BCUT2D eigenvalue weighted by Gasteiger charge is -2.36. The minimum Gasteiger partial charge on any atom is -0.508 e. The van der Waals surface area contributed by atoms with Crippen LogP contribution in [0.1, 0.15) is 11.1 Å². The average molecular weight is 414 g/mol. The molecule has 1 aromatic heterocycles. The van der Waals surface area contributed by atoms with E-state index in [0.717, 1.165) is 22.9 Å². The van der Waals surface area contributed by atoms with Crippen molar-refractivity contribution >= 4 is 5.69 Å². The van der Waals surface area contributed by atoms with E-state index in [2.05, 4.69) is 14.9 Å². The lowest BCUT2D eigenvalue weighted by molar-refractivity contribution is -0.137. The van der Waals surface area contributed by atoms with Gasteiger partial charge in [0, 0.05) is 61.9 Å². The molecule has 0 bridgehead atoms. The SMILES string of the molecule is Oc1ccc(-c2cnccn2)cc1CN1CCN(c2cccc(C(F)(F)F)c2)CC1. The number of benzene rings is 2. The number of anilines is 1. The summed E-state index contributed by atoms with van der Waals surface area (Å²) < 4.78 is 38.9. The van der Waals surface area contributed by atoms with Gasteiger partial charge in [0.2, 0.25) is 0 Å². The molecule has 1 aliphatic rings. The van der Waals surface area contributed by atoms with Gasteiger partial charge in [0.15, 0.2) is 0 Å². The molecule has 0 saturated carbocycles. The Bertz CT molecular complexity index is 1000. The number of aromatic nitrogens is 2. The summed E-state index contributed by atoms with van der Waals surface area (Å²) in [5.41, 5.74) is 2.34. The molecule has 8 heteroatoms. The van der Waals surface area contributed by atoms with Crippen molar-refractivity contribution in [1.82, 2.24) is 14.9 Å². The Kier molecular flexibility index (Phi) is 5.59. The predicted molar refractivity (Wildman–Crippen MR) is 108 cm³/mol. The van der Waals surface area contributed by atoms with Crippen molar-refractivity contribution in [3.8, 4) is 17.0 Å². The van der Waals surface area contributed by atoms with Crippen LogP contribution in [0.15, 0.2) is 61.1 Å². The second kappa shape index (κ2) is 8.31. The van der Waals surface area contributed by atoms with Crippen molar-refractivity contribution in [2.45, 2.75) is 12.7 Å². The van der Waals surface area contributed by atoms with Gasteiger partial charge in [-0.25, -0.2) is 0 Å². The predicted octanol–water partition coefficient (Wildman–Crippen LogP) is 4.19. The minimum atomic E-state index is -4.34. The molecule has 2 aromatic carbocycles. The van der Waals surface area contributed by atoms with Gasteiger partial charge in [0.25, 0.3) is 0 Å². The molecule has 1 saturated heterocycles. The van der Waals surface area contributed by atoms with Crippen LogP contribution in [0, 0.1) is 0 Å². The van der Waals surface area contributed by atoms with E-state index in [1.54, 1.807) is 36.8 Å². The molecule has 30 heavy (non-hydrogen) atoms. The summed E-state index contributed by atoms with van der Waals surface area (Å²) in [4.78, 5) is 12.5. The smallest absolute Gasteiger partial charge is 0.416 e. The van der Waals surface area contributed by atoms with E-state index >= 15 is 0 Å². The fraction of sp³-hybridized carbons (Fsp3) is 0.273. The monoisotopic (exact) mass is 414 g/mol. The summed E-state index contributed by atoms with van der Waals surface area (Å²) in [7, 11) is 0. The van der Waals surface area contributed by atoms with Gasteiger partial charge in [0.05, 0.1) is 17.5 Å². The van der Waals surface area contributed by atoms with Crippen LogP contribution in [0.2, 0.25) is 0 Å². The Morgan fingerprint density at radius 2 is 1.77 bits per heavy atom. The molecule has 5 nitrogen and oxygen atoms in total.